The lowest BCUT2D eigenvalue weighted by Gasteiger charge is -2.32. The molecule has 2 aromatic carbocycles. The molecular formula is C23H23ClN6O2. The molecule has 164 valence electrons. The molecule has 1 amide bonds. The van der Waals surface area contributed by atoms with Crippen LogP contribution in [0.5, 0.6) is 5.75 Å². The van der Waals surface area contributed by atoms with E-state index in [9.17, 15) is 10.1 Å². The SMILES string of the molecule is COc1ccc(Cc2nnc(N3CCC(C(N)=O)CC3)c3ccc(C#N)c(N)c23)cc1Cl. The van der Waals surface area contributed by atoms with Crippen molar-refractivity contribution >= 4 is 39.8 Å². The van der Waals surface area contributed by atoms with Crippen LogP contribution in [0.2, 0.25) is 5.02 Å². The van der Waals surface area contributed by atoms with Gasteiger partial charge in [0.1, 0.15) is 11.8 Å². The Morgan fingerprint density at radius 1 is 1.28 bits per heavy atom. The van der Waals surface area contributed by atoms with Crippen molar-refractivity contribution in [3.63, 3.8) is 0 Å². The summed E-state index contributed by atoms with van der Waals surface area (Å²) in [5.74, 6) is 0.889. The van der Waals surface area contributed by atoms with E-state index in [-0.39, 0.29) is 11.8 Å². The van der Waals surface area contributed by atoms with Gasteiger partial charge in [-0.1, -0.05) is 17.7 Å². The summed E-state index contributed by atoms with van der Waals surface area (Å²) in [6.45, 7) is 1.29. The molecule has 0 spiro atoms. The van der Waals surface area contributed by atoms with Gasteiger partial charge in [0.2, 0.25) is 5.91 Å². The molecule has 4 N–H and O–H groups in total. The number of amides is 1. The summed E-state index contributed by atoms with van der Waals surface area (Å²) in [6.07, 6.45) is 1.77. The van der Waals surface area contributed by atoms with Gasteiger partial charge in [0.15, 0.2) is 5.82 Å². The van der Waals surface area contributed by atoms with Crippen LogP contribution in [-0.2, 0) is 11.2 Å². The Bertz CT molecular complexity index is 1230. The Morgan fingerprint density at radius 3 is 2.66 bits per heavy atom. The van der Waals surface area contributed by atoms with E-state index in [1.807, 2.05) is 18.2 Å². The van der Waals surface area contributed by atoms with Crippen LogP contribution in [0.15, 0.2) is 30.3 Å². The quantitative estimate of drug-likeness (QED) is 0.571. The molecule has 9 heteroatoms. The van der Waals surface area contributed by atoms with Crippen molar-refractivity contribution in [3.05, 3.63) is 52.2 Å². The van der Waals surface area contributed by atoms with Crippen LogP contribution < -0.4 is 21.1 Å². The average molecular weight is 451 g/mol. The summed E-state index contributed by atoms with van der Waals surface area (Å²) in [5, 5.41) is 20.5. The third kappa shape index (κ3) is 3.99. The molecule has 1 aliphatic rings. The first-order valence-electron chi connectivity index (χ1n) is 10.3. The number of nitrogens with zero attached hydrogens (tertiary/aromatic N) is 4. The van der Waals surface area contributed by atoms with Crippen molar-refractivity contribution in [1.29, 1.82) is 5.26 Å². The predicted molar refractivity (Wildman–Crippen MR) is 124 cm³/mol. The number of nitrogens with two attached hydrogens (primary N) is 2. The minimum atomic E-state index is -0.267. The van der Waals surface area contributed by atoms with Crippen molar-refractivity contribution in [3.8, 4) is 11.8 Å². The van der Waals surface area contributed by atoms with Crippen LogP contribution in [-0.4, -0.2) is 36.3 Å². The number of anilines is 2. The Hall–Kier alpha value is -3.57. The van der Waals surface area contributed by atoms with E-state index in [4.69, 9.17) is 27.8 Å². The molecule has 0 bridgehead atoms. The molecule has 4 rings (SSSR count). The van der Waals surface area contributed by atoms with Gasteiger partial charge < -0.3 is 21.1 Å². The van der Waals surface area contributed by atoms with Gasteiger partial charge in [-0.15, -0.1) is 5.10 Å². The molecule has 0 saturated carbocycles. The fraction of sp³-hybridized carbons (Fsp3) is 0.304. The van der Waals surface area contributed by atoms with Crippen molar-refractivity contribution < 1.29 is 9.53 Å². The van der Waals surface area contributed by atoms with Gasteiger partial charge in [0, 0.05) is 36.2 Å². The molecule has 1 saturated heterocycles. The number of methoxy groups -OCH3 is 1. The van der Waals surface area contributed by atoms with Crippen LogP contribution in [0.1, 0.15) is 29.7 Å². The van der Waals surface area contributed by atoms with Crippen molar-refractivity contribution in [2.24, 2.45) is 11.7 Å². The molecule has 2 heterocycles. The summed E-state index contributed by atoms with van der Waals surface area (Å²) in [5.41, 5.74) is 14.2. The van der Waals surface area contributed by atoms with E-state index in [0.29, 0.717) is 71.3 Å². The Balaban J connectivity index is 1.76. The smallest absolute Gasteiger partial charge is 0.220 e. The van der Waals surface area contributed by atoms with E-state index in [2.05, 4.69) is 21.2 Å². The number of nitrogen functional groups attached to an aromatic ring is 1. The molecule has 8 nitrogen and oxygen atoms in total. The largest absolute Gasteiger partial charge is 0.495 e. The van der Waals surface area contributed by atoms with Crippen LogP contribution in [0.3, 0.4) is 0 Å². The first-order valence-corrected chi connectivity index (χ1v) is 10.6. The fourth-order valence-electron chi connectivity index (χ4n) is 4.17. The highest BCUT2D eigenvalue weighted by Crippen LogP contribution is 2.35. The van der Waals surface area contributed by atoms with Gasteiger partial charge in [0.05, 0.1) is 29.1 Å². The molecule has 3 aromatic rings. The molecule has 0 aliphatic carbocycles. The topological polar surface area (TPSA) is 131 Å². The van der Waals surface area contributed by atoms with Gasteiger partial charge in [-0.05, 0) is 42.7 Å². The Labute approximate surface area is 190 Å². The number of piperidine rings is 1. The van der Waals surface area contributed by atoms with Crippen molar-refractivity contribution in [1.82, 2.24) is 10.2 Å². The highest BCUT2D eigenvalue weighted by Gasteiger charge is 2.26. The molecule has 1 aromatic heterocycles. The zero-order valence-corrected chi connectivity index (χ0v) is 18.4. The van der Waals surface area contributed by atoms with E-state index in [0.717, 1.165) is 10.9 Å². The molecular weight excluding hydrogens is 428 g/mol. The second kappa shape index (κ2) is 8.89. The lowest BCUT2D eigenvalue weighted by atomic mass is 9.95. The maximum atomic E-state index is 11.5. The standard InChI is InChI=1S/C23H23ClN6O2/c1-32-19-5-2-13(10-17(19)24)11-18-20-16(4-3-15(12-25)21(20)26)23(29-28-18)30-8-6-14(7-9-30)22(27)31/h2-5,10,14H,6-9,11,26H2,1H3,(H2,27,31). The number of primary amides is 1. The van der Waals surface area contributed by atoms with E-state index in [1.165, 1.54) is 0 Å². The number of fused-ring (bicyclic) bond motifs is 1. The molecule has 0 unspecified atom stereocenters. The first-order chi connectivity index (χ1) is 15.4. The zero-order chi connectivity index (χ0) is 22.8. The monoisotopic (exact) mass is 450 g/mol. The molecule has 0 radical (unpaired) electrons. The van der Waals surface area contributed by atoms with Crippen LogP contribution in [0.25, 0.3) is 10.8 Å². The number of carbonyl (C=O) groups is 1. The predicted octanol–water partition coefficient (Wildman–Crippen LogP) is 3.04. The van der Waals surface area contributed by atoms with Crippen LogP contribution in [0.4, 0.5) is 11.5 Å². The summed E-state index contributed by atoms with van der Waals surface area (Å²) >= 11 is 6.29. The van der Waals surface area contributed by atoms with Crippen LogP contribution >= 0.6 is 11.6 Å². The third-order valence-electron chi connectivity index (χ3n) is 5.95. The maximum Gasteiger partial charge on any atom is 0.220 e. The summed E-state index contributed by atoms with van der Waals surface area (Å²) in [7, 11) is 1.56. The number of hydrogen-bond acceptors (Lipinski definition) is 7. The second-order valence-corrected chi connectivity index (χ2v) is 8.25. The number of hydrogen-bond donors (Lipinski definition) is 2. The summed E-state index contributed by atoms with van der Waals surface area (Å²) in [4.78, 5) is 13.6. The van der Waals surface area contributed by atoms with Gasteiger partial charge in [-0.3, -0.25) is 4.79 Å². The Kier molecular flexibility index (Phi) is 6.01. The molecule has 0 atom stereocenters. The maximum absolute atomic E-state index is 11.5. The lowest BCUT2D eigenvalue weighted by Crippen LogP contribution is -2.39. The number of nitriles is 1. The van der Waals surface area contributed by atoms with Gasteiger partial charge in [0.25, 0.3) is 0 Å². The zero-order valence-electron chi connectivity index (χ0n) is 17.6. The highest BCUT2D eigenvalue weighted by molar-refractivity contribution is 6.32. The normalized spacial score (nSPS) is 14.3. The first kappa shape index (κ1) is 21.7. The van der Waals surface area contributed by atoms with E-state index >= 15 is 0 Å². The second-order valence-electron chi connectivity index (χ2n) is 7.84. The van der Waals surface area contributed by atoms with Crippen LogP contribution in [0, 0.1) is 17.2 Å². The van der Waals surface area contributed by atoms with Gasteiger partial charge >= 0.3 is 0 Å². The highest BCUT2D eigenvalue weighted by atomic mass is 35.5. The fourth-order valence-corrected chi connectivity index (χ4v) is 4.45. The van der Waals surface area contributed by atoms with Crippen molar-refractivity contribution in [2.75, 3.05) is 30.8 Å². The van der Waals surface area contributed by atoms with E-state index < -0.39 is 0 Å². The minimum Gasteiger partial charge on any atom is -0.495 e. The number of carbonyl (C=O) groups excluding carboxylic acids is 1. The van der Waals surface area contributed by atoms with E-state index in [1.54, 1.807) is 19.2 Å². The lowest BCUT2D eigenvalue weighted by molar-refractivity contribution is -0.122. The number of halogens is 1. The van der Waals surface area contributed by atoms with Crippen molar-refractivity contribution in [2.45, 2.75) is 19.3 Å². The minimum absolute atomic E-state index is 0.125. The molecule has 1 aliphatic heterocycles. The number of rotatable bonds is 5. The van der Waals surface area contributed by atoms with Gasteiger partial charge in [-0.2, -0.15) is 10.4 Å². The molecule has 1 fully saturated rings. The summed E-state index contributed by atoms with van der Waals surface area (Å²) in [6, 6.07) is 11.2. The number of aromatic nitrogens is 2. The number of ether oxygens (including phenoxy) is 1. The summed E-state index contributed by atoms with van der Waals surface area (Å²) < 4.78 is 5.22. The molecule has 32 heavy (non-hydrogen) atoms. The Morgan fingerprint density at radius 2 is 2.03 bits per heavy atom. The average Bonchev–Trinajstić information content (AvgIpc) is 2.79. The third-order valence-corrected chi connectivity index (χ3v) is 6.24. The number of benzene rings is 2. The van der Waals surface area contributed by atoms with Gasteiger partial charge in [-0.25, -0.2) is 0 Å².